The molecule has 0 aliphatic heterocycles. The molecule has 3 nitrogen and oxygen atoms in total. The maximum Gasteiger partial charge on any atom is 0.192 e. The lowest BCUT2D eigenvalue weighted by atomic mass is 10.1. The molecule has 2 rings (SSSR count). The van der Waals surface area contributed by atoms with Crippen LogP contribution in [0.2, 0.25) is 0 Å². The SMILES string of the molecule is CCC(=O)c1ccc(Sc2ncc(C)cn2)cc1. The van der Waals surface area contributed by atoms with Crippen LogP contribution >= 0.6 is 11.8 Å². The Morgan fingerprint density at radius 3 is 2.33 bits per heavy atom. The van der Waals surface area contributed by atoms with Gasteiger partial charge in [0, 0.05) is 29.3 Å². The van der Waals surface area contributed by atoms with Gasteiger partial charge in [-0.05, 0) is 36.4 Å². The summed E-state index contributed by atoms with van der Waals surface area (Å²) in [4.78, 5) is 21.0. The number of carbonyl (C=O) groups excluding carboxylic acids is 1. The quantitative estimate of drug-likeness (QED) is 0.621. The Bertz CT molecular complexity index is 535. The van der Waals surface area contributed by atoms with E-state index in [2.05, 4.69) is 9.97 Å². The number of carbonyl (C=O) groups is 1. The third-order valence-electron chi connectivity index (χ3n) is 2.46. The van der Waals surface area contributed by atoms with Crippen LogP contribution in [0.3, 0.4) is 0 Å². The van der Waals surface area contributed by atoms with Crippen LogP contribution in [0.15, 0.2) is 46.7 Å². The van der Waals surface area contributed by atoms with Gasteiger partial charge in [0.2, 0.25) is 0 Å². The van der Waals surface area contributed by atoms with E-state index in [0.29, 0.717) is 6.42 Å². The zero-order valence-electron chi connectivity index (χ0n) is 10.4. The highest BCUT2D eigenvalue weighted by molar-refractivity contribution is 7.99. The standard InChI is InChI=1S/C14H14N2OS/c1-3-13(17)11-4-6-12(7-5-11)18-14-15-8-10(2)9-16-14/h4-9H,3H2,1-2H3. The van der Waals surface area contributed by atoms with Gasteiger partial charge in [0.25, 0.3) is 0 Å². The lowest BCUT2D eigenvalue weighted by molar-refractivity contribution is 0.0988. The molecular formula is C14H14N2OS. The van der Waals surface area contributed by atoms with Crippen LogP contribution < -0.4 is 0 Å². The highest BCUT2D eigenvalue weighted by Gasteiger charge is 2.04. The molecule has 0 saturated heterocycles. The number of ketones is 1. The molecule has 0 unspecified atom stereocenters. The van der Waals surface area contributed by atoms with E-state index in [4.69, 9.17) is 0 Å². The number of benzene rings is 1. The molecule has 1 heterocycles. The molecule has 0 fully saturated rings. The second kappa shape index (κ2) is 5.78. The minimum atomic E-state index is 0.165. The average Bonchev–Trinajstić information content (AvgIpc) is 2.41. The van der Waals surface area contributed by atoms with Gasteiger partial charge in [-0.1, -0.05) is 19.1 Å². The summed E-state index contributed by atoms with van der Waals surface area (Å²) in [6, 6.07) is 7.55. The maximum absolute atomic E-state index is 11.5. The van der Waals surface area contributed by atoms with Crippen molar-refractivity contribution >= 4 is 17.5 Å². The molecule has 0 radical (unpaired) electrons. The molecule has 0 spiro atoms. The van der Waals surface area contributed by atoms with Crippen LogP contribution in [0.4, 0.5) is 0 Å². The number of aromatic nitrogens is 2. The van der Waals surface area contributed by atoms with Crippen LogP contribution in [0.1, 0.15) is 29.3 Å². The molecule has 1 aromatic carbocycles. The molecule has 0 amide bonds. The van der Waals surface area contributed by atoms with Gasteiger partial charge in [0.15, 0.2) is 10.9 Å². The predicted molar refractivity (Wildman–Crippen MR) is 72.0 cm³/mol. The summed E-state index contributed by atoms with van der Waals surface area (Å²) in [5, 5.41) is 0.718. The monoisotopic (exact) mass is 258 g/mol. The predicted octanol–water partition coefficient (Wildman–Crippen LogP) is 3.53. The van der Waals surface area contributed by atoms with Gasteiger partial charge in [0.05, 0.1) is 0 Å². The van der Waals surface area contributed by atoms with Crippen molar-refractivity contribution in [2.75, 3.05) is 0 Å². The summed E-state index contributed by atoms with van der Waals surface area (Å²) in [6.07, 6.45) is 4.13. The van der Waals surface area contributed by atoms with E-state index < -0.39 is 0 Å². The third kappa shape index (κ3) is 3.17. The summed E-state index contributed by atoms with van der Waals surface area (Å²) < 4.78 is 0. The summed E-state index contributed by atoms with van der Waals surface area (Å²) in [7, 11) is 0. The van der Waals surface area contributed by atoms with Crippen LogP contribution in [0.5, 0.6) is 0 Å². The molecule has 0 saturated carbocycles. The Kier molecular flexibility index (Phi) is 4.10. The van der Waals surface area contributed by atoms with Crippen LogP contribution in [-0.2, 0) is 0 Å². The first-order valence-electron chi connectivity index (χ1n) is 5.79. The summed E-state index contributed by atoms with van der Waals surface area (Å²) in [6.45, 7) is 3.82. The number of hydrogen-bond acceptors (Lipinski definition) is 4. The Balaban J connectivity index is 2.10. The molecule has 1 aromatic heterocycles. The first-order valence-corrected chi connectivity index (χ1v) is 6.60. The Morgan fingerprint density at radius 2 is 1.78 bits per heavy atom. The maximum atomic E-state index is 11.5. The minimum Gasteiger partial charge on any atom is -0.294 e. The molecule has 0 bridgehead atoms. The van der Waals surface area contributed by atoms with Crippen molar-refractivity contribution in [3.63, 3.8) is 0 Å². The normalized spacial score (nSPS) is 10.3. The highest BCUT2D eigenvalue weighted by atomic mass is 32.2. The van der Waals surface area contributed by atoms with Gasteiger partial charge in [-0.3, -0.25) is 4.79 Å². The molecule has 0 N–H and O–H groups in total. The van der Waals surface area contributed by atoms with Gasteiger partial charge in [-0.2, -0.15) is 0 Å². The number of hydrogen-bond donors (Lipinski definition) is 0. The van der Waals surface area contributed by atoms with E-state index in [1.807, 2.05) is 38.1 Å². The fourth-order valence-electron chi connectivity index (χ4n) is 1.45. The summed E-state index contributed by atoms with van der Waals surface area (Å²) in [5.41, 5.74) is 1.80. The highest BCUT2D eigenvalue weighted by Crippen LogP contribution is 2.24. The number of nitrogens with zero attached hydrogens (tertiary/aromatic N) is 2. The summed E-state index contributed by atoms with van der Waals surface area (Å²) >= 11 is 1.49. The number of Topliss-reactive ketones (excluding diaryl/α,β-unsaturated/α-hetero) is 1. The molecule has 4 heteroatoms. The first-order chi connectivity index (χ1) is 8.69. The largest absolute Gasteiger partial charge is 0.294 e. The van der Waals surface area contributed by atoms with Crippen molar-refractivity contribution < 1.29 is 4.79 Å². The Morgan fingerprint density at radius 1 is 1.17 bits per heavy atom. The topological polar surface area (TPSA) is 42.9 Å². The lowest BCUT2D eigenvalue weighted by Gasteiger charge is -2.02. The lowest BCUT2D eigenvalue weighted by Crippen LogP contribution is -1.95. The molecule has 92 valence electrons. The Labute approximate surface area is 111 Å². The summed E-state index contributed by atoms with van der Waals surface area (Å²) in [5.74, 6) is 0.165. The van der Waals surface area contributed by atoms with E-state index >= 15 is 0 Å². The van der Waals surface area contributed by atoms with E-state index in [1.54, 1.807) is 12.4 Å². The average molecular weight is 258 g/mol. The first kappa shape index (κ1) is 12.8. The van der Waals surface area contributed by atoms with Crippen molar-refractivity contribution in [1.82, 2.24) is 9.97 Å². The fraction of sp³-hybridized carbons (Fsp3) is 0.214. The van der Waals surface area contributed by atoms with Gasteiger partial charge in [0.1, 0.15) is 0 Å². The molecule has 18 heavy (non-hydrogen) atoms. The van der Waals surface area contributed by atoms with Crippen LogP contribution in [0.25, 0.3) is 0 Å². The van der Waals surface area contributed by atoms with Gasteiger partial charge in [-0.25, -0.2) is 9.97 Å². The second-order valence-electron chi connectivity index (χ2n) is 3.95. The molecule has 0 aliphatic carbocycles. The van der Waals surface area contributed by atoms with Gasteiger partial charge < -0.3 is 0 Å². The van der Waals surface area contributed by atoms with Gasteiger partial charge >= 0.3 is 0 Å². The zero-order chi connectivity index (χ0) is 13.0. The van der Waals surface area contributed by atoms with Crippen molar-refractivity contribution in [3.8, 4) is 0 Å². The minimum absolute atomic E-state index is 0.165. The zero-order valence-corrected chi connectivity index (χ0v) is 11.2. The van der Waals surface area contributed by atoms with E-state index in [9.17, 15) is 4.79 Å². The smallest absolute Gasteiger partial charge is 0.192 e. The van der Waals surface area contributed by atoms with E-state index in [1.165, 1.54) is 11.8 Å². The molecule has 0 atom stereocenters. The molecular weight excluding hydrogens is 244 g/mol. The van der Waals surface area contributed by atoms with Crippen molar-refractivity contribution in [2.45, 2.75) is 30.3 Å². The van der Waals surface area contributed by atoms with Crippen LogP contribution in [0, 0.1) is 6.92 Å². The van der Waals surface area contributed by atoms with E-state index in [0.717, 1.165) is 21.2 Å². The van der Waals surface area contributed by atoms with Crippen molar-refractivity contribution in [3.05, 3.63) is 47.8 Å². The number of aryl methyl sites for hydroxylation is 1. The van der Waals surface area contributed by atoms with Gasteiger partial charge in [-0.15, -0.1) is 0 Å². The fourth-order valence-corrected chi connectivity index (χ4v) is 2.15. The van der Waals surface area contributed by atoms with E-state index in [-0.39, 0.29) is 5.78 Å². The Hall–Kier alpha value is -1.68. The molecule has 0 aliphatic rings. The van der Waals surface area contributed by atoms with Crippen molar-refractivity contribution in [2.24, 2.45) is 0 Å². The molecule has 2 aromatic rings. The number of rotatable bonds is 4. The third-order valence-corrected chi connectivity index (χ3v) is 3.37. The second-order valence-corrected chi connectivity index (χ2v) is 4.99. The van der Waals surface area contributed by atoms with Crippen molar-refractivity contribution in [1.29, 1.82) is 0 Å². The van der Waals surface area contributed by atoms with Crippen LogP contribution in [-0.4, -0.2) is 15.8 Å².